The van der Waals surface area contributed by atoms with E-state index in [1.54, 1.807) is 25.2 Å². The summed E-state index contributed by atoms with van der Waals surface area (Å²) in [5.74, 6) is -0.888. The molecule has 6 nitrogen and oxygen atoms in total. The minimum Gasteiger partial charge on any atom is -0.492 e. The Labute approximate surface area is 124 Å². The number of ether oxygens (including phenoxy) is 1. The highest BCUT2D eigenvalue weighted by atomic mass is 16.5. The first-order valence-electron chi connectivity index (χ1n) is 6.14. The Morgan fingerprint density at radius 1 is 1.38 bits per heavy atom. The number of aryl methyl sites for hydroxylation is 1. The largest absolute Gasteiger partial charge is 0.492 e. The van der Waals surface area contributed by atoms with Crippen molar-refractivity contribution < 1.29 is 9.53 Å². The normalized spacial score (nSPS) is 11.3. The van der Waals surface area contributed by atoms with E-state index in [1.165, 1.54) is 17.7 Å². The van der Waals surface area contributed by atoms with Crippen molar-refractivity contribution in [2.45, 2.75) is 5.40 Å². The number of hydrogen-bond donors (Lipinski definition) is 2. The highest BCUT2D eigenvalue weighted by Gasteiger charge is 2.28. The maximum Gasteiger partial charge on any atom is 0.293 e. The minimum absolute atomic E-state index is 0.135. The van der Waals surface area contributed by atoms with Crippen molar-refractivity contribution in [1.82, 2.24) is 9.88 Å². The molecule has 0 saturated heterocycles. The van der Waals surface area contributed by atoms with E-state index in [9.17, 15) is 9.59 Å². The van der Waals surface area contributed by atoms with Crippen LogP contribution in [0, 0.1) is 0 Å². The van der Waals surface area contributed by atoms with E-state index in [4.69, 9.17) is 26.2 Å². The molecule has 0 saturated carbocycles. The number of nitrogens with one attached hydrogen (secondary N) is 1. The van der Waals surface area contributed by atoms with Gasteiger partial charge < -0.3 is 20.4 Å². The first-order valence-corrected chi connectivity index (χ1v) is 6.14. The van der Waals surface area contributed by atoms with Gasteiger partial charge in [-0.2, -0.15) is 0 Å². The summed E-state index contributed by atoms with van der Waals surface area (Å²) in [5.41, 5.74) is 6.46. The summed E-state index contributed by atoms with van der Waals surface area (Å²) >= 11 is 0. The molecule has 8 heteroatoms. The first-order chi connectivity index (χ1) is 9.76. The molecular weight excluding hydrogens is 268 g/mol. The summed E-state index contributed by atoms with van der Waals surface area (Å²) in [6.45, 7) is 0. The molecule has 1 aromatic heterocycles. The van der Waals surface area contributed by atoms with Gasteiger partial charge in [0.15, 0.2) is 5.75 Å². The minimum atomic E-state index is -2.14. The third-order valence-electron chi connectivity index (χ3n) is 3.08. The Morgan fingerprint density at radius 3 is 2.67 bits per heavy atom. The molecule has 104 valence electrons. The summed E-state index contributed by atoms with van der Waals surface area (Å²) in [6.07, 6.45) is 0. The maximum atomic E-state index is 12.2. The number of benzene rings is 1. The van der Waals surface area contributed by atoms with Crippen LogP contribution in [0.5, 0.6) is 5.75 Å². The SMILES string of the molecule is [B]C([B])(Oc1cc2cc(N)ccc2n(C)c1=O)C(=O)NC. The first kappa shape index (κ1) is 15.0. The van der Waals surface area contributed by atoms with Gasteiger partial charge in [-0.3, -0.25) is 9.59 Å². The number of fused-ring (bicyclic) bond motifs is 1. The van der Waals surface area contributed by atoms with Crippen molar-refractivity contribution >= 4 is 38.2 Å². The average molecular weight is 281 g/mol. The Hall–Kier alpha value is -2.37. The molecule has 4 radical (unpaired) electrons. The van der Waals surface area contributed by atoms with Crippen molar-refractivity contribution in [3.8, 4) is 5.75 Å². The Kier molecular flexibility index (Phi) is 3.72. The van der Waals surface area contributed by atoms with Crippen LogP contribution in [-0.4, -0.2) is 38.6 Å². The number of nitrogen functional groups attached to an aromatic ring is 1. The van der Waals surface area contributed by atoms with Gasteiger partial charge in [0.25, 0.3) is 5.56 Å². The Balaban J connectivity index is 2.57. The Bertz CT molecular complexity index is 771. The molecular formula is C13H13B2N3O3. The number of nitrogens with two attached hydrogens (primary N) is 1. The van der Waals surface area contributed by atoms with Gasteiger partial charge in [-0.1, -0.05) is 0 Å². The molecule has 0 spiro atoms. The number of carbonyl (C=O) groups is 1. The van der Waals surface area contributed by atoms with Gasteiger partial charge in [-0.25, -0.2) is 0 Å². The van der Waals surface area contributed by atoms with E-state index in [1.807, 2.05) is 0 Å². The highest BCUT2D eigenvalue weighted by Crippen LogP contribution is 2.21. The van der Waals surface area contributed by atoms with Gasteiger partial charge in [-0.15, -0.1) is 0 Å². The van der Waals surface area contributed by atoms with E-state index in [0.717, 1.165) is 0 Å². The number of rotatable bonds is 3. The third-order valence-corrected chi connectivity index (χ3v) is 3.08. The van der Waals surface area contributed by atoms with Gasteiger partial charge >= 0.3 is 0 Å². The number of pyridine rings is 1. The molecule has 0 aliphatic heterocycles. The summed E-state index contributed by atoms with van der Waals surface area (Å²) in [5, 5.41) is 0.786. The number of anilines is 1. The molecule has 1 amide bonds. The predicted molar refractivity (Wildman–Crippen MR) is 82.5 cm³/mol. The van der Waals surface area contributed by atoms with Crippen LogP contribution in [0.4, 0.5) is 5.69 Å². The lowest BCUT2D eigenvalue weighted by atomic mass is 9.64. The number of hydrogen-bond acceptors (Lipinski definition) is 4. The fourth-order valence-electron chi connectivity index (χ4n) is 1.97. The zero-order chi connectivity index (χ0) is 15.8. The number of nitrogens with zero attached hydrogens (tertiary/aromatic N) is 1. The standard InChI is InChI=1S/C13H13B2N3O3/c1-17-12(20)13(14,15)21-10-6-7-5-8(16)3-4-9(7)18(2)11(10)19/h3-6H,16H2,1-2H3,(H,17,20). The van der Waals surface area contributed by atoms with Crippen LogP contribution >= 0.6 is 0 Å². The van der Waals surface area contributed by atoms with E-state index in [-0.39, 0.29) is 5.75 Å². The number of carbonyl (C=O) groups excluding carboxylic acids is 1. The van der Waals surface area contributed by atoms with Crippen LogP contribution in [0.3, 0.4) is 0 Å². The molecule has 0 aliphatic rings. The molecule has 2 aromatic rings. The molecule has 0 fully saturated rings. The zero-order valence-electron chi connectivity index (χ0n) is 11.7. The fraction of sp³-hybridized carbons (Fsp3) is 0.231. The predicted octanol–water partition coefficient (Wildman–Crippen LogP) is -0.764. The molecule has 3 N–H and O–H groups in total. The van der Waals surface area contributed by atoms with Crippen LogP contribution < -0.4 is 21.3 Å². The van der Waals surface area contributed by atoms with Gasteiger partial charge in [0, 0.05) is 25.2 Å². The lowest BCUT2D eigenvalue weighted by Gasteiger charge is -2.25. The van der Waals surface area contributed by atoms with Crippen LogP contribution in [0.1, 0.15) is 0 Å². The number of aromatic nitrogens is 1. The quantitative estimate of drug-likeness (QED) is 0.571. The van der Waals surface area contributed by atoms with E-state index < -0.39 is 16.9 Å². The third kappa shape index (κ3) is 2.74. The number of likely N-dealkylation sites (N-methyl/N-ethyl adjacent to an activating group) is 1. The van der Waals surface area contributed by atoms with Gasteiger partial charge in [0.1, 0.15) is 21.1 Å². The second-order valence-electron chi connectivity index (χ2n) is 4.67. The number of amides is 1. The molecule has 0 aliphatic carbocycles. The lowest BCUT2D eigenvalue weighted by Crippen LogP contribution is -2.52. The topological polar surface area (TPSA) is 86.3 Å². The summed E-state index contributed by atoms with van der Waals surface area (Å²) in [7, 11) is 14.1. The van der Waals surface area contributed by atoms with Crippen LogP contribution in [0.25, 0.3) is 10.9 Å². The smallest absolute Gasteiger partial charge is 0.293 e. The van der Waals surface area contributed by atoms with E-state index in [0.29, 0.717) is 16.6 Å². The second-order valence-corrected chi connectivity index (χ2v) is 4.67. The van der Waals surface area contributed by atoms with E-state index in [2.05, 4.69) is 5.32 Å². The molecule has 0 bridgehead atoms. The van der Waals surface area contributed by atoms with Crippen LogP contribution in [0.15, 0.2) is 29.1 Å². The summed E-state index contributed by atoms with van der Waals surface area (Å²) < 4.78 is 6.55. The second kappa shape index (κ2) is 5.20. The molecule has 0 unspecified atom stereocenters. The van der Waals surface area contributed by atoms with Crippen molar-refractivity contribution in [3.05, 3.63) is 34.6 Å². The fourth-order valence-corrected chi connectivity index (χ4v) is 1.97. The molecule has 1 heterocycles. The molecule has 1 aromatic carbocycles. The van der Waals surface area contributed by atoms with Crippen LogP contribution in [-0.2, 0) is 11.8 Å². The van der Waals surface area contributed by atoms with Gasteiger partial charge in [0.05, 0.1) is 5.52 Å². The Morgan fingerprint density at radius 2 is 2.05 bits per heavy atom. The van der Waals surface area contributed by atoms with Gasteiger partial charge in [-0.05, 0) is 24.3 Å². The average Bonchev–Trinajstić information content (AvgIpc) is 2.43. The highest BCUT2D eigenvalue weighted by molar-refractivity contribution is 6.50. The van der Waals surface area contributed by atoms with Gasteiger partial charge in [0.2, 0.25) is 5.91 Å². The maximum absolute atomic E-state index is 12.2. The van der Waals surface area contributed by atoms with Crippen molar-refractivity contribution in [3.63, 3.8) is 0 Å². The van der Waals surface area contributed by atoms with Crippen molar-refractivity contribution in [2.75, 3.05) is 12.8 Å². The summed E-state index contributed by atoms with van der Waals surface area (Å²) in [6, 6.07) is 6.53. The van der Waals surface area contributed by atoms with Crippen LogP contribution in [0.2, 0.25) is 0 Å². The monoisotopic (exact) mass is 281 g/mol. The molecule has 21 heavy (non-hydrogen) atoms. The molecule has 0 atom stereocenters. The molecule has 2 rings (SSSR count). The lowest BCUT2D eigenvalue weighted by molar-refractivity contribution is -0.126. The summed E-state index contributed by atoms with van der Waals surface area (Å²) in [4.78, 5) is 23.8. The van der Waals surface area contributed by atoms with Crippen molar-refractivity contribution in [2.24, 2.45) is 7.05 Å². The zero-order valence-corrected chi connectivity index (χ0v) is 11.7. The van der Waals surface area contributed by atoms with Crippen molar-refractivity contribution in [1.29, 1.82) is 0 Å². The van der Waals surface area contributed by atoms with E-state index >= 15 is 0 Å².